The number of nitrogens with one attached hydrogen (secondary N) is 1. The third-order valence-corrected chi connectivity index (χ3v) is 5.18. The summed E-state index contributed by atoms with van der Waals surface area (Å²) in [7, 11) is -3.84. The number of pyridine rings is 1. The molecule has 0 aliphatic heterocycles. The molecule has 21 heavy (non-hydrogen) atoms. The predicted molar refractivity (Wildman–Crippen MR) is 81.6 cm³/mol. The van der Waals surface area contributed by atoms with Crippen molar-refractivity contribution in [2.45, 2.75) is 4.90 Å². The Morgan fingerprint density at radius 2 is 2.10 bits per heavy atom. The number of nitriles is 1. The monoisotopic (exact) mass is 315 g/mol. The zero-order valence-electron chi connectivity index (χ0n) is 10.6. The number of rotatable bonds is 3. The fraction of sp³-hybridized carbons (Fsp3) is 0. The van der Waals surface area contributed by atoms with Crippen LogP contribution < -0.4 is 4.72 Å². The lowest BCUT2D eigenvalue weighted by molar-refractivity contribution is 0.600. The molecule has 0 unspecified atom stereocenters. The Hall–Kier alpha value is -2.43. The topological polar surface area (TPSA) is 82.8 Å². The van der Waals surface area contributed by atoms with Crippen LogP contribution in [0.1, 0.15) is 5.69 Å². The molecule has 1 aromatic carbocycles. The second kappa shape index (κ2) is 5.16. The minimum absolute atomic E-state index is 0.124. The average molecular weight is 315 g/mol. The summed E-state index contributed by atoms with van der Waals surface area (Å²) in [5.41, 5.74) is 0.329. The van der Waals surface area contributed by atoms with E-state index in [-0.39, 0.29) is 10.6 Å². The van der Waals surface area contributed by atoms with Gasteiger partial charge in [0.25, 0.3) is 10.0 Å². The Balaban J connectivity index is 2.01. The summed E-state index contributed by atoms with van der Waals surface area (Å²) in [6, 6.07) is 11.8. The summed E-state index contributed by atoms with van der Waals surface area (Å²) in [6.45, 7) is 0. The first-order valence-corrected chi connectivity index (χ1v) is 8.32. The maximum absolute atomic E-state index is 12.4. The van der Waals surface area contributed by atoms with E-state index in [1.807, 2.05) is 17.5 Å². The van der Waals surface area contributed by atoms with Gasteiger partial charge in [-0.2, -0.15) is 5.26 Å². The minimum Gasteiger partial charge on any atom is -0.280 e. The molecule has 2 heterocycles. The van der Waals surface area contributed by atoms with Crippen molar-refractivity contribution in [1.29, 1.82) is 5.26 Å². The molecule has 2 aromatic heterocycles. The Morgan fingerprint density at radius 1 is 1.24 bits per heavy atom. The highest BCUT2D eigenvalue weighted by molar-refractivity contribution is 7.92. The molecule has 0 aliphatic carbocycles. The quantitative estimate of drug-likeness (QED) is 0.805. The van der Waals surface area contributed by atoms with Crippen LogP contribution in [0.25, 0.3) is 10.1 Å². The number of hydrogen-bond donors (Lipinski definition) is 1. The molecule has 0 fully saturated rings. The fourth-order valence-electron chi connectivity index (χ4n) is 1.93. The van der Waals surface area contributed by atoms with Crippen LogP contribution >= 0.6 is 11.3 Å². The molecule has 0 aliphatic rings. The Labute approximate surface area is 125 Å². The van der Waals surface area contributed by atoms with Crippen LogP contribution in [0.2, 0.25) is 0 Å². The largest absolute Gasteiger partial charge is 0.280 e. The van der Waals surface area contributed by atoms with E-state index in [4.69, 9.17) is 5.26 Å². The van der Waals surface area contributed by atoms with Crippen molar-refractivity contribution in [2.24, 2.45) is 0 Å². The van der Waals surface area contributed by atoms with Crippen LogP contribution in [0, 0.1) is 11.3 Å². The molecule has 104 valence electrons. The van der Waals surface area contributed by atoms with E-state index < -0.39 is 10.0 Å². The lowest BCUT2D eigenvalue weighted by Crippen LogP contribution is -2.14. The summed E-state index contributed by atoms with van der Waals surface area (Å²) < 4.78 is 28.3. The molecule has 5 nitrogen and oxygen atoms in total. The molecule has 0 radical (unpaired) electrons. The lowest BCUT2D eigenvalue weighted by atomic mass is 10.2. The van der Waals surface area contributed by atoms with Crippen molar-refractivity contribution in [3.8, 4) is 6.07 Å². The summed E-state index contributed by atoms with van der Waals surface area (Å²) in [5.74, 6) is 0. The molecule has 1 N–H and O–H groups in total. The minimum atomic E-state index is -3.84. The number of aromatic nitrogens is 1. The van der Waals surface area contributed by atoms with Crippen LogP contribution in [0.3, 0.4) is 0 Å². The van der Waals surface area contributed by atoms with Gasteiger partial charge in [-0.3, -0.25) is 4.72 Å². The lowest BCUT2D eigenvalue weighted by Gasteiger charge is -2.08. The molecular formula is C14H9N3O2S2. The second-order valence-electron chi connectivity index (χ2n) is 4.24. The molecule has 0 spiro atoms. The number of nitrogens with zero attached hydrogens (tertiary/aromatic N) is 2. The number of benzene rings is 1. The predicted octanol–water partition coefficient (Wildman–Crippen LogP) is 2.97. The summed E-state index contributed by atoms with van der Waals surface area (Å²) in [5, 5.41) is 11.9. The van der Waals surface area contributed by atoms with Crippen molar-refractivity contribution in [3.63, 3.8) is 0 Å². The van der Waals surface area contributed by atoms with Crippen molar-refractivity contribution < 1.29 is 8.42 Å². The van der Waals surface area contributed by atoms with Gasteiger partial charge in [-0.15, -0.1) is 11.3 Å². The van der Waals surface area contributed by atoms with Gasteiger partial charge in [0.1, 0.15) is 11.0 Å². The number of thiophene rings is 1. The van der Waals surface area contributed by atoms with Gasteiger partial charge < -0.3 is 0 Å². The Morgan fingerprint density at radius 3 is 2.90 bits per heavy atom. The van der Waals surface area contributed by atoms with Crippen LogP contribution in [0.4, 0.5) is 5.69 Å². The first-order valence-electron chi connectivity index (χ1n) is 5.95. The summed E-state index contributed by atoms with van der Waals surface area (Å²) in [6.07, 6.45) is 1.38. The highest BCUT2D eigenvalue weighted by Gasteiger charge is 2.19. The maximum atomic E-state index is 12.4. The van der Waals surface area contributed by atoms with Gasteiger partial charge in [0, 0.05) is 16.6 Å². The van der Waals surface area contributed by atoms with E-state index in [0.717, 1.165) is 10.1 Å². The SMILES string of the molecule is N#Cc1ncccc1S(=O)(=O)Nc1ccc2sccc2c1. The van der Waals surface area contributed by atoms with Gasteiger partial charge in [-0.25, -0.2) is 13.4 Å². The van der Waals surface area contributed by atoms with E-state index in [2.05, 4.69) is 9.71 Å². The van der Waals surface area contributed by atoms with E-state index in [0.29, 0.717) is 5.69 Å². The van der Waals surface area contributed by atoms with Gasteiger partial charge >= 0.3 is 0 Å². The number of fused-ring (bicyclic) bond motifs is 1. The number of sulfonamides is 1. The van der Waals surface area contributed by atoms with Crippen molar-refractivity contribution in [1.82, 2.24) is 4.98 Å². The second-order valence-corrected chi connectivity index (χ2v) is 6.84. The van der Waals surface area contributed by atoms with Crippen LogP contribution in [-0.2, 0) is 10.0 Å². The maximum Gasteiger partial charge on any atom is 0.264 e. The highest BCUT2D eigenvalue weighted by Crippen LogP contribution is 2.25. The van der Waals surface area contributed by atoms with Crippen LogP contribution in [-0.4, -0.2) is 13.4 Å². The Bertz CT molecular complexity index is 956. The third-order valence-electron chi connectivity index (χ3n) is 2.87. The normalized spacial score (nSPS) is 11.2. The number of anilines is 1. The van der Waals surface area contributed by atoms with Gasteiger partial charge in [0.05, 0.1) is 0 Å². The van der Waals surface area contributed by atoms with Gasteiger partial charge in [0.2, 0.25) is 0 Å². The van der Waals surface area contributed by atoms with Gasteiger partial charge in [0.15, 0.2) is 5.69 Å². The molecule has 0 saturated carbocycles. The third kappa shape index (κ3) is 2.59. The molecule has 0 saturated heterocycles. The van der Waals surface area contributed by atoms with Crippen molar-refractivity contribution in [3.05, 3.63) is 53.7 Å². The molecule has 0 amide bonds. The van der Waals surface area contributed by atoms with Gasteiger partial charge in [-0.05, 0) is 47.2 Å². The first kappa shape index (κ1) is 13.5. The fourth-order valence-corrected chi connectivity index (χ4v) is 3.86. The van der Waals surface area contributed by atoms with Crippen LogP contribution in [0.5, 0.6) is 0 Å². The number of hydrogen-bond acceptors (Lipinski definition) is 5. The first-order chi connectivity index (χ1) is 10.1. The van der Waals surface area contributed by atoms with Crippen molar-refractivity contribution >= 4 is 37.1 Å². The molecular weight excluding hydrogens is 306 g/mol. The van der Waals surface area contributed by atoms with E-state index in [9.17, 15) is 8.42 Å². The zero-order chi connectivity index (χ0) is 14.9. The van der Waals surface area contributed by atoms with Crippen LogP contribution in [0.15, 0.2) is 52.9 Å². The Kier molecular flexibility index (Phi) is 3.33. The van der Waals surface area contributed by atoms with E-state index in [1.54, 1.807) is 29.5 Å². The standard InChI is InChI=1S/C14H9N3O2S2/c15-9-12-14(2-1-6-16-12)21(18,19)17-11-3-4-13-10(8-11)5-7-20-13/h1-8,17H. The molecule has 0 bridgehead atoms. The summed E-state index contributed by atoms with van der Waals surface area (Å²) in [4.78, 5) is 3.64. The molecule has 7 heteroatoms. The van der Waals surface area contributed by atoms with Gasteiger partial charge in [-0.1, -0.05) is 0 Å². The van der Waals surface area contributed by atoms with E-state index in [1.165, 1.54) is 18.3 Å². The zero-order valence-corrected chi connectivity index (χ0v) is 12.3. The van der Waals surface area contributed by atoms with E-state index >= 15 is 0 Å². The highest BCUT2D eigenvalue weighted by atomic mass is 32.2. The van der Waals surface area contributed by atoms with Crippen molar-refractivity contribution in [2.75, 3.05) is 4.72 Å². The smallest absolute Gasteiger partial charge is 0.264 e. The summed E-state index contributed by atoms with van der Waals surface area (Å²) >= 11 is 1.59. The molecule has 3 aromatic rings. The average Bonchev–Trinajstić information content (AvgIpc) is 2.94. The molecule has 3 rings (SSSR count). The molecule has 0 atom stereocenters.